The molecule has 0 atom stereocenters. The lowest BCUT2D eigenvalue weighted by Gasteiger charge is -2.00. The Balaban J connectivity index is 2.65. The maximum atomic E-state index is 11.9. The van der Waals surface area contributed by atoms with Crippen LogP contribution in [0.15, 0.2) is 29.2 Å². The van der Waals surface area contributed by atoms with Crippen molar-refractivity contribution >= 4 is 32.8 Å². The number of hydrogen-bond donors (Lipinski definition) is 2. The normalized spacial score (nSPS) is 9.83. The standard InChI is InChI=1S/C13H8BrNO3/c14-5-1-2-8-3-4-9-11(6-8)15-7-10(12(9)16)13(17)18/h3-4,6-7H,5H2,(H,15,16)(H,17,18). The van der Waals surface area contributed by atoms with Gasteiger partial charge in [-0.15, -0.1) is 0 Å². The van der Waals surface area contributed by atoms with Crippen LogP contribution in [-0.4, -0.2) is 21.4 Å². The summed E-state index contributed by atoms with van der Waals surface area (Å²) in [7, 11) is 0. The summed E-state index contributed by atoms with van der Waals surface area (Å²) in [5.74, 6) is 4.53. The van der Waals surface area contributed by atoms with Crippen LogP contribution in [0, 0.1) is 11.8 Å². The number of carboxylic acids is 1. The third-order valence-electron chi connectivity index (χ3n) is 2.41. The Morgan fingerprint density at radius 1 is 1.44 bits per heavy atom. The summed E-state index contributed by atoms with van der Waals surface area (Å²) < 4.78 is 0. The molecule has 0 amide bonds. The molecule has 5 heteroatoms. The molecule has 2 rings (SSSR count). The molecule has 0 aliphatic rings. The van der Waals surface area contributed by atoms with E-state index in [-0.39, 0.29) is 5.56 Å². The van der Waals surface area contributed by atoms with Gasteiger partial charge in [-0.3, -0.25) is 4.79 Å². The van der Waals surface area contributed by atoms with Gasteiger partial charge in [0.05, 0.1) is 10.8 Å². The van der Waals surface area contributed by atoms with Crippen molar-refractivity contribution in [3.8, 4) is 11.8 Å². The number of aromatic nitrogens is 1. The summed E-state index contributed by atoms with van der Waals surface area (Å²) in [5.41, 5.74) is 0.588. The second kappa shape index (κ2) is 5.07. The largest absolute Gasteiger partial charge is 0.477 e. The summed E-state index contributed by atoms with van der Waals surface area (Å²) in [6.07, 6.45) is 1.20. The fraction of sp³-hybridized carbons (Fsp3) is 0.0769. The maximum absolute atomic E-state index is 11.9. The molecule has 0 aliphatic carbocycles. The van der Waals surface area contributed by atoms with E-state index in [0.29, 0.717) is 16.2 Å². The summed E-state index contributed by atoms with van der Waals surface area (Å²) in [4.78, 5) is 25.5. The summed E-state index contributed by atoms with van der Waals surface area (Å²) in [5, 5.41) is 9.76. The van der Waals surface area contributed by atoms with Crippen LogP contribution in [0.2, 0.25) is 0 Å². The van der Waals surface area contributed by atoms with Gasteiger partial charge in [0.1, 0.15) is 5.56 Å². The van der Waals surface area contributed by atoms with Gasteiger partial charge in [-0.25, -0.2) is 4.79 Å². The zero-order valence-electron chi connectivity index (χ0n) is 9.16. The molecule has 90 valence electrons. The molecule has 0 spiro atoms. The molecule has 0 radical (unpaired) electrons. The second-order valence-corrected chi connectivity index (χ2v) is 4.09. The molecule has 1 heterocycles. The minimum absolute atomic E-state index is 0.262. The lowest BCUT2D eigenvalue weighted by atomic mass is 10.1. The van der Waals surface area contributed by atoms with Gasteiger partial charge >= 0.3 is 5.97 Å². The van der Waals surface area contributed by atoms with E-state index in [1.165, 1.54) is 6.20 Å². The van der Waals surface area contributed by atoms with Gasteiger partial charge in [0.15, 0.2) is 0 Å². The second-order valence-electron chi connectivity index (χ2n) is 3.53. The number of carboxylic acid groups (broad SMARTS) is 1. The fourth-order valence-corrected chi connectivity index (χ4v) is 1.73. The van der Waals surface area contributed by atoms with E-state index < -0.39 is 11.4 Å². The fourth-order valence-electron chi connectivity index (χ4n) is 1.59. The third kappa shape index (κ3) is 2.29. The van der Waals surface area contributed by atoms with Gasteiger partial charge in [-0.2, -0.15) is 0 Å². The number of halogens is 1. The minimum Gasteiger partial charge on any atom is -0.477 e. The van der Waals surface area contributed by atoms with Crippen molar-refractivity contribution in [1.82, 2.24) is 4.98 Å². The van der Waals surface area contributed by atoms with Crippen molar-refractivity contribution in [3.05, 3.63) is 45.7 Å². The predicted octanol–water partition coefficient (Wildman–Crippen LogP) is 1.97. The first kappa shape index (κ1) is 12.4. The number of pyridine rings is 1. The van der Waals surface area contributed by atoms with Gasteiger partial charge in [0.25, 0.3) is 0 Å². The number of nitrogens with one attached hydrogen (secondary N) is 1. The zero-order valence-corrected chi connectivity index (χ0v) is 10.7. The van der Waals surface area contributed by atoms with Crippen molar-refractivity contribution in [3.63, 3.8) is 0 Å². The van der Waals surface area contributed by atoms with Crippen molar-refractivity contribution in [2.24, 2.45) is 0 Å². The lowest BCUT2D eigenvalue weighted by molar-refractivity contribution is 0.0695. The van der Waals surface area contributed by atoms with E-state index in [1.54, 1.807) is 18.2 Å². The van der Waals surface area contributed by atoms with Crippen LogP contribution in [0.5, 0.6) is 0 Å². The Hall–Kier alpha value is -2.06. The predicted molar refractivity (Wildman–Crippen MR) is 72.2 cm³/mol. The Kier molecular flexibility index (Phi) is 3.49. The number of alkyl halides is 1. The van der Waals surface area contributed by atoms with Crippen molar-refractivity contribution in [2.45, 2.75) is 0 Å². The van der Waals surface area contributed by atoms with Gasteiger partial charge in [-0.05, 0) is 18.2 Å². The van der Waals surface area contributed by atoms with Crippen molar-refractivity contribution in [2.75, 3.05) is 5.33 Å². The van der Waals surface area contributed by atoms with Gasteiger partial charge < -0.3 is 10.1 Å². The monoisotopic (exact) mass is 305 g/mol. The van der Waals surface area contributed by atoms with Gasteiger partial charge in [0, 0.05) is 17.1 Å². The highest BCUT2D eigenvalue weighted by atomic mass is 79.9. The molecular weight excluding hydrogens is 298 g/mol. The highest BCUT2D eigenvalue weighted by molar-refractivity contribution is 9.09. The summed E-state index contributed by atoms with van der Waals surface area (Å²) in [6, 6.07) is 5.00. The van der Waals surface area contributed by atoms with E-state index in [1.807, 2.05) is 0 Å². The molecule has 1 aromatic carbocycles. The van der Waals surface area contributed by atoms with E-state index in [2.05, 4.69) is 32.8 Å². The first-order valence-electron chi connectivity index (χ1n) is 5.07. The van der Waals surface area contributed by atoms with Gasteiger partial charge in [-0.1, -0.05) is 27.8 Å². The Bertz CT molecular complexity index is 737. The number of carbonyl (C=O) groups is 1. The summed E-state index contributed by atoms with van der Waals surface area (Å²) >= 11 is 3.20. The molecule has 0 saturated carbocycles. The number of aromatic carboxylic acids is 1. The highest BCUT2D eigenvalue weighted by Crippen LogP contribution is 2.10. The Morgan fingerprint density at radius 3 is 2.89 bits per heavy atom. The molecule has 1 aromatic heterocycles. The number of benzene rings is 1. The SMILES string of the molecule is O=C(O)c1c[nH]c2cc(C#CCBr)ccc2c1=O. The van der Waals surface area contributed by atoms with Crippen molar-refractivity contribution in [1.29, 1.82) is 0 Å². The smallest absolute Gasteiger partial charge is 0.341 e. The topological polar surface area (TPSA) is 70.2 Å². The van der Waals surface area contributed by atoms with E-state index >= 15 is 0 Å². The molecule has 2 aromatic rings. The van der Waals surface area contributed by atoms with Gasteiger partial charge in [0.2, 0.25) is 5.43 Å². The molecular formula is C13H8BrNO3. The van der Waals surface area contributed by atoms with Crippen molar-refractivity contribution < 1.29 is 9.90 Å². The molecule has 4 nitrogen and oxygen atoms in total. The van der Waals surface area contributed by atoms with Crippen LogP contribution in [0.4, 0.5) is 0 Å². The van der Waals surface area contributed by atoms with Crippen LogP contribution in [0.25, 0.3) is 10.9 Å². The number of H-pyrrole nitrogens is 1. The number of rotatable bonds is 1. The molecule has 2 N–H and O–H groups in total. The maximum Gasteiger partial charge on any atom is 0.341 e. The molecule has 18 heavy (non-hydrogen) atoms. The highest BCUT2D eigenvalue weighted by Gasteiger charge is 2.11. The van der Waals surface area contributed by atoms with Crippen LogP contribution >= 0.6 is 15.9 Å². The van der Waals surface area contributed by atoms with Crippen LogP contribution in [0.1, 0.15) is 15.9 Å². The molecule has 0 aliphatic heterocycles. The number of hydrogen-bond acceptors (Lipinski definition) is 2. The minimum atomic E-state index is -1.23. The average Bonchev–Trinajstić information content (AvgIpc) is 2.36. The Morgan fingerprint density at radius 2 is 2.22 bits per heavy atom. The average molecular weight is 306 g/mol. The molecule has 0 fully saturated rings. The van der Waals surface area contributed by atoms with E-state index in [4.69, 9.17) is 5.11 Å². The molecule has 0 bridgehead atoms. The van der Waals surface area contributed by atoms with E-state index in [9.17, 15) is 9.59 Å². The zero-order chi connectivity index (χ0) is 13.1. The van der Waals surface area contributed by atoms with Crippen LogP contribution < -0.4 is 5.43 Å². The molecule has 0 saturated heterocycles. The Labute approximate surface area is 111 Å². The van der Waals surface area contributed by atoms with Crippen LogP contribution in [0.3, 0.4) is 0 Å². The number of aromatic amines is 1. The first-order valence-corrected chi connectivity index (χ1v) is 6.19. The third-order valence-corrected chi connectivity index (χ3v) is 2.69. The lowest BCUT2D eigenvalue weighted by Crippen LogP contribution is -2.15. The first-order chi connectivity index (χ1) is 8.63. The van der Waals surface area contributed by atoms with Crippen LogP contribution in [-0.2, 0) is 0 Å². The number of fused-ring (bicyclic) bond motifs is 1. The quantitative estimate of drug-likeness (QED) is 0.625. The summed E-state index contributed by atoms with van der Waals surface area (Å²) in [6.45, 7) is 0. The van der Waals surface area contributed by atoms with E-state index in [0.717, 1.165) is 5.56 Å². The molecule has 0 unspecified atom stereocenters.